The average Bonchev–Trinajstić information content (AvgIpc) is 2.60. The molecule has 1 heterocycles. The molecule has 1 aliphatic carbocycles. The summed E-state index contributed by atoms with van der Waals surface area (Å²) >= 11 is 8.45. The minimum atomic E-state index is -0.134. The van der Waals surface area contributed by atoms with Crippen LogP contribution in [-0.2, 0) is 0 Å². The van der Waals surface area contributed by atoms with Crippen molar-refractivity contribution in [3.8, 4) is 0 Å². The van der Waals surface area contributed by atoms with Crippen molar-refractivity contribution < 1.29 is 4.79 Å². The van der Waals surface area contributed by atoms with Crippen molar-refractivity contribution in [2.75, 3.05) is 0 Å². The van der Waals surface area contributed by atoms with Crippen LogP contribution in [0.3, 0.4) is 0 Å². The third kappa shape index (κ3) is 2.29. The van der Waals surface area contributed by atoms with Crippen LogP contribution in [0.4, 0.5) is 0 Å². The molecule has 1 nitrogen and oxygen atoms in total. The number of ketones is 1. The van der Waals surface area contributed by atoms with Gasteiger partial charge in [0.2, 0.25) is 0 Å². The maximum atomic E-state index is 12.5. The van der Waals surface area contributed by atoms with Crippen molar-refractivity contribution in [3.63, 3.8) is 0 Å². The molecule has 0 aliphatic heterocycles. The molecule has 0 radical (unpaired) electrons. The molecule has 0 amide bonds. The summed E-state index contributed by atoms with van der Waals surface area (Å²) in [6.45, 7) is 2.12. The molecule has 1 saturated carbocycles. The Morgan fingerprint density at radius 1 is 1.31 bits per heavy atom. The maximum Gasteiger partial charge on any atom is 0.179 e. The van der Waals surface area contributed by atoms with Crippen LogP contribution < -0.4 is 0 Å². The lowest BCUT2D eigenvalue weighted by atomic mass is 9.72. The van der Waals surface area contributed by atoms with Gasteiger partial charge in [0.05, 0.1) is 9.35 Å². The van der Waals surface area contributed by atoms with Gasteiger partial charge in [0, 0.05) is 15.3 Å². The Hall–Kier alpha value is 0.330. The fraction of sp³-hybridized carbons (Fsp3) is 0.583. The van der Waals surface area contributed by atoms with E-state index < -0.39 is 0 Å². The minimum absolute atomic E-state index is 0.134. The molecule has 0 bridgehead atoms. The average molecular weight is 366 g/mol. The number of Topliss-reactive ketones (excluding diaryl/α,β-unsaturated/α-hetero) is 1. The Bertz CT molecular complexity index is 405. The van der Waals surface area contributed by atoms with E-state index in [0.29, 0.717) is 5.78 Å². The van der Waals surface area contributed by atoms with Gasteiger partial charge in [0.15, 0.2) is 5.78 Å². The zero-order valence-electron chi connectivity index (χ0n) is 9.19. The van der Waals surface area contributed by atoms with Gasteiger partial charge in [-0.25, -0.2) is 0 Å². The number of carbonyl (C=O) groups excluding carboxylic acids is 1. The normalized spacial score (nSPS) is 19.7. The Labute approximate surface area is 117 Å². The van der Waals surface area contributed by atoms with Crippen LogP contribution in [0.1, 0.15) is 48.7 Å². The highest BCUT2D eigenvalue weighted by Crippen LogP contribution is 2.43. The number of thiophene rings is 1. The quantitative estimate of drug-likeness (QED) is 0.639. The molecule has 0 aromatic carbocycles. The Kier molecular flexibility index (Phi) is 3.92. The standard InChI is InChI=1S/C12H14Br2OS/c1-12(5-3-2-4-6-12)11(15)10-9(14)8(13)7-16-10/h7H,2-6H2,1H3. The second kappa shape index (κ2) is 4.91. The Morgan fingerprint density at radius 2 is 1.94 bits per heavy atom. The van der Waals surface area contributed by atoms with Crippen LogP contribution >= 0.6 is 43.2 Å². The maximum absolute atomic E-state index is 12.5. The largest absolute Gasteiger partial charge is 0.293 e. The second-order valence-electron chi connectivity index (χ2n) is 4.68. The molecule has 16 heavy (non-hydrogen) atoms. The highest BCUT2D eigenvalue weighted by molar-refractivity contribution is 9.13. The predicted octanol–water partition coefficient (Wildman–Crippen LogP) is 5.43. The van der Waals surface area contributed by atoms with E-state index in [9.17, 15) is 4.79 Å². The summed E-state index contributed by atoms with van der Waals surface area (Å²) in [5, 5.41) is 1.98. The molecule has 0 atom stereocenters. The van der Waals surface area contributed by atoms with Gasteiger partial charge in [-0.3, -0.25) is 4.79 Å². The van der Waals surface area contributed by atoms with Crippen LogP contribution in [0.2, 0.25) is 0 Å². The molecule has 1 aliphatic rings. The highest BCUT2D eigenvalue weighted by atomic mass is 79.9. The van der Waals surface area contributed by atoms with Crippen molar-refractivity contribution >= 4 is 49.0 Å². The molecule has 0 saturated heterocycles. The van der Waals surface area contributed by atoms with Crippen LogP contribution in [0, 0.1) is 5.41 Å². The first kappa shape index (κ1) is 12.8. The van der Waals surface area contributed by atoms with E-state index in [1.165, 1.54) is 30.6 Å². The van der Waals surface area contributed by atoms with Crippen LogP contribution in [0.25, 0.3) is 0 Å². The molecule has 4 heteroatoms. The van der Waals surface area contributed by atoms with Gasteiger partial charge < -0.3 is 0 Å². The van der Waals surface area contributed by atoms with Crippen LogP contribution in [-0.4, -0.2) is 5.78 Å². The first-order valence-corrected chi connectivity index (χ1v) is 7.98. The van der Waals surface area contributed by atoms with Gasteiger partial charge in [-0.2, -0.15) is 0 Å². The number of hydrogen-bond acceptors (Lipinski definition) is 2. The van der Waals surface area contributed by atoms with Crippen molar-refractivity contribution in [3.05, 3.63) is 19.2 Å². The zero-order valence-corrected chi connectivity index (χ0v) is 13.2. The van der Waals surface area contributed by atoms with Crippen molar-refractivity contribution in [2.24, 2.45) is 5.41 Å². The van der Waals surface area contributed by atoms with Crippen molar-refractivity contribution in [1.82, 2.24) is 0 Å². The minimum Gasteiger partial charge on any atom is -0.293 e. The third-order valence-electron chi connectivity index (χ3n) is 3.40. The molecule has 0 spiro atoms. The smallest absolute Gasteiger partial charge is 0.179 e. The second-order valence-corrected chi connectivity index (χ2v) is 7.20. The van der Waals surface area contributed by atoms with E-state index >= 15 is 0 Å². The summed E-state index contributed by atoms with van der Waals surface area (Å²) in [5.41, 5.74) is -0.134. The number of halogens is 2. The van der Waals surface area contributed by atoms with Gasteiger partial charge in [0.1, 0.15) is 0 Å². The van der Waals surface area contributed by atoms with E-state index in [2.05, 4.69) is 38.8 Å². The van der Waals surface area contributed by atoms with Crippen LogP contribution in [0.5, 0.6) is 0 Å². The fourth-order valence-corrected chi connectivity index (χ4v) is 4.55. The first-order valence-electron chi connectivity index (χ1n) is 5.52. The van der Waals surface area contributed by atoms with Crippen LogP contribution in [0.15, 0.2) is 14.3 Å². The molecule has 1 aromatic heterocycles. The summed E-state index contributed by atoms with van der Waals surface area (Å²) in [6.07, 6.45) is 5.72. The fourth-order valence-electron chi connectivity index (χ4n) is 2.31. The van der Waals surface area contributed by atoms with Gasteiger partial charge in [0.25, 0.3) is 0 Å². The molecule has 2 rings (SSSR count). The summed E-state index contributed by atoms with van der Waals surface area (Å²) in [7, 11) is 0. The molecule has 1 fully saturated rings. The molecule has 0 N–H and O–H groups in total. The molecule has 0 unspecified atom stereocenters. The summed E-state index contributed by atoms with van der Waals surface area (Å²) in [6, 6.07) is 0. The van der Waals surface area contributed by atoms with Gasteiger partial charge in [-0.15, -0.1) is 11.3 Å². The van der Waals surface area contributed by atoms with E-state index in [-0.39, 0.29) is 5.41 Å². The van der Waals surface area contributed by atoms with E-state index in [4.69, 9.17) is 0 Å². The topological polar surface area (TPSA) is 17.1 Å². The Morgan fingerprint density at radius 3 is 2.44 bits per heavy atom. The predicted molar refractivity (Wildman–Crippen MR) is 75.2 cm³/mol. The molecular weight excluding hydrogens is 352 g/mol. The Balaban J connectivity index is 2.27. The van der Waals surface area contributed by atoms with E-state index in [1.807, 2.05) is 5.38 Å². The molecule has 1 aromatic rings. The number of carbonyl (C=O) groups is 1. The lowest BCUT2D eigenvalue weighted by Crippen LogP contribution is -2.29. The lowest BCUT2D eigenvalue weighted by Gasteiger charge is -2.31. The number of rotatable bonds is 2. The first-order chi connectivity index (χ1) is 7.54. The monoisotopic (exact) mass is 364 g/mol. The van der Waals surface area contributed by atoms with Crippen molar-refractivity contribution in [2.45, 2.75) is 39.0 Å². The summed E-state index contributed by atoms with van der Waals surface area (Å²) in [5.74, 6) is 0.315. The number of hydrogen-bond donors (Lipinski definition) is 0. The molecule has 88 valence electrons. The summed E-state index contributed by atoms with van der Waals surface area (Å²) < 4.78 is 1.91. The third-order valence-corrected chi connectivity index (χ3v) is 6.93. The SMILES string of the molecule is CC1(C(=O)c2scc(Br)c2Br)CCCCC1. The molecular formula is C12H14Br2OS. The van der Waals surface area contributed by atoms with E-state index in [1.54, 1.807) is 0 Å². The van der Waals surface area contributed by atoms with Gasteiger partial charge in [-0.1, -0.05) is 26.2 Å². The van der Waals surface area contributed by atoms with Gasteiger partial charge in [-0.05, 0) is 44.7 Å². The van der Waals surface area contributed by atoms with E-state index in [0.717, 1.165) is 26.7 Å². The zero-order chi connectivity index (χ0) is 11.8. The lowest BCUT2D eigenvalue weighted by molar-refractivity contribution is 0.0753. The van der Waals surface area contributed by atoms with Gasteiger partial charge >= 0.3 is 0 Å². The highest BCUT2D eigenvalue weighted by Gasteiger charge is 2.36. The summed E-state index contributed by atoms with van der Waals surface area (Å²) in [4.78, 5) is 13.4. The van der Waals surface area contributed by atoms with Crippen molar-refractivity contribution in [1.29, 1.82) is 0 Å².